The van der Waals surface area contributed by atoms with E-state index in [1.165, 1.54) is 0 Å². The summed E-state index contributed by atoms with van der Waals surface area (Å²) < 4.78 is 10.8. The van der Waals surface area contributed by atoms with Crippen LogP contribution in [0.3, 0.4) is 0 Å². The van der Waals surface area contributed by atoms with E-state index >= 15 is 0 Å². The molecule has 2 aromatic rings. The van der Waals surface area contributed by atoms with Gasteiger partial charge in [-0.15, -0.1) is 0 Å². The minimum Gasteiger partial charge on any atom is -0.491 e. The molecule has 0 spiro atoms. The normalized spacial score (nSPS) is 10.3. The first-order valence-electron chi connectivity index (χ1n) is 9.14. The molecule has 0 atom stereocenters. The van der Waals surface area contributed by atoms with Crippen molar-refractivity contribution in [3.05, 3.63) is 54.1 Å². The highest BCUT2D eigenvalue weighted by Crippen LogP contribution is 2.17. The van der Waals surface area contributed by atoms with Crippen LogP contribution in [0.15, 0.2) is 48.5 Å². The van der Waals surface area contributed by atoms with Crippen molar-refractivity contribution < 1.29 is 19.1 Å². The summed E-state index contributed by atoms with van der Waals surface area (Å²) in [6.45, 7) is 5.47. The molecule has 6 nitrogen and oxygen atoms in total. The third kappa shape index (κ3) is 7.11. The summed E-state index contributed by atoms with van der Waals surface area (Å²) in [5.41, 5.74) is 1.86. The van der Waals surface area contributed by atoms with Crippen molar-refractivity contribution in [3.8, 4) is 5.75 Å². The van der Waals surface area contributed by atoms with Gasteiger partial charge in [-0.1, -0.05) is 13.0 Å². The highest BCUT2D eigenvalue weighted by atomic mass is 16.5. The lowest BCUT2D eigenvalue weighted by Gasteiger charge is -2.10. The van der Waals surface area contributed by atoms with E-state index in [-0.39, 0.29) is 11.8 Å². The summed E-state index contributed by atoms with van der Waals surface area (Å²) >= 11 is 0. The van der Waals surface area contributed by atoms with E-state index in [2.05, 4.69) is 10.6 Å². The van der Waals surface area contributed by atoms with Crippen LogP contribution in [0.25, 0.3) is 0 Å². The van der Waals surface area contributed by atoms with Crippen LogP contribution in [0.5, 0.6) is 5.75 Å². The quantitative estimate of drug-likeness (QED) is 0.618. The second-order valence-electron chi connectivity index (χ2n) is 5.90. The van der Waals surface area contributed by atoms with Crippen LogP contribution in [0, 0.1) is 0 Å². The molecule has 6 heteroatoms. The predicted octanol–water partition coefficient (Wildman–Crippen LogP) is 4.09. The van der Waals surface area contributed by atoms with Crippen LogP contribution >= 0.6 is 0 Å². The van der Waals surface area contributed by atoms with Crippen LogP contribution in [-0.2, 0) is 9.53 Å². The number of nitrogens with one attached hydrogen (secondary N) is 2. The maximum Gasteiger partial charge on any atom is 0.255 e. The summed E-state index contributed by atoms with van der Waals surface area (Å²) in [7, 11) is 0. The van der Waals surface area contributed by atoms with Gasteiger partial charge in [-0.25, -0.2) is 0 Å². The maximum atomic E-state index is 12.4. The molecule has 0 aliphatic heterocycles. The van der Waals surface area contributed by atoms with Gasteiger partial charge < -0.3 is 20.1 Å². The van der Waals surface area contributed by atoms with Gasteiger partial charge in [0, 0.05) is 30.0 Å². The topological polar surface area (TPSA) is 76.7 Å². The minimum atomic E-state index is -0.229. The van der Waals surface area contributed by atoms with Gasteiger partial charge in [0.1, 0.15) is 12.4 Å². The molecule has 0 heterocycles. The number of amides is 2. The van der Waals surface area contributed by atoms with Gasteiger partial charge in [0.05, 0.1) is 6.61 Å². The Kier molecular flexibility index (Phi) is 8.32. The Hall–Kier alpha value is -2.86. The van der Waals surface area contributed by atoms with E-state index in [1.807, 2.05) is 13.8 Å². The summed E-state index contributed by atoms with van der Waals surface area (Å²) in [5, 5.41) is 5.65. The van der Waals surface area contributed by atoms with Gasteiger partial charge in [-0.2, -0.15) is 0 Å². The minimum absolute atomic E-state index is 0.0181. The van der Waals surface area contributed by atoms with Crippen molar-refractivity contribution in [1.29, 1.82) is 0 Å². The lowest BCUT2D eigenvalue weighted by atomic mass is 10.2. The Morgan fingerprint density at radius 2 is 1.63 bits per heavy atom. The number of hydrogen-bond acceptors (Lipinski definition) is 4. The molecule has 2 N–H and O–H groups in total. The first-order chi connectivity index (χ1) is 13.1. The molecular weight excluding hydrogens is 344 g/mol. The van der Waals surface area contributed by atoms with Crippen LogP contribution in [-0.4, -0.2) is 31.6 Å². The van der Waals surface area contributed by atoms with E-state index in [0.29, 0.717) is 48.9 Å². The predicted molar refractivity (Wildman–Crippen MR) is 106 cm³/mol. The third-order valence-corrected chi connectivity index (χ3v) is 3.70. The number of hydrogen-bond donors (Lipinski definition) is 2. The largest absolute Gasteiger partial charge is 0.491 e. The Labute approximate surface area is 159 Å². The number of benzene rings is 2. The van der Waals surface area contributed by atoms with Gasteiger partial charge in [0.25, 0.3) is 5.91 Å². The standard InChI is InChI=1S/C21H26N2O4/c1-3-6-20(24)22-17-9-11-18(12-10-17)23-21(25)16-7-5-8-19(15-16)27-14-13-26-4-2/h5,7-12,15H,3-4,6,13-14H2,1-2H3,(H,22,24)(H,23,25). The van der Waals surface area contributed by atoms with Crippen molar-refractivity contribution in [2.75, 3.05) is 30.5 Å². The van der Waals surface area contributed by atoms with E-state index in [0.717, 1.165) is 6.42 Å². The lowest BCUT2D eigenvalue weighted by Crippen LogP contribution is -2.13. The van der Waals surface area contributed by atoms with Crippen LogP contribution in [0.2, 0.25) is 0 Å². The van der Waals surface area contributed by atoms with Gasteiger partial charge in [-0.3, -0.25) is 9.59 Å². The summed E-state index contributed by atoms with van der Waals surface area (Å²) in [6, 6.07) is 14.0. The maximum absolute atomic E-state index is 12.4. The smallest absolute Gasteiger partial charge is 0.255 e. The average molecular weight is 370 g/mol. The molecule has 0 radical (unpaired) electrons. The van der Waals surface area contributed by atoms with Crippen molar-refractivity contribution in [3.63, 3.8) is 0 Å². The molecular formula is C21H26N2O4. The highest BCUT2D eigenvalue weighted by molar-refractivity contribution is 6.04. The first-order valence-corrected chi connectivity index (χ1v) is 9.14. The molecule has 0 aromatic heterocycles. The van der Waals surface area contributed by atoms with Gasteiger partial charge in [-0.05, 0) is 55.8 Å². The summed E-state index contributed by atoms with van der Waals surface area (Å²) in [4.78, 5) is 24.0. The monoisotopic (exact) mass is 370 g/mol. The number of carbonyl (C=O) groups is 2. The number of ether oxygens (including phenoxy) is 2. The van der Waals surface area contributed by atoms with Gasteiger partial charge in [0.15, 0.2) is 0 Å². The second-order valence-corrected chi connectivity index (χ2v) is 5.90. The lowest BCUT2D eigenvalue weighted by molar-refractivity contribution is -0.116. The second kappa shape index (κ2) is 11.0. The Balaban J connectivity index is 1.91. The molecule has 2 aromatic carbocycles. The van der Waals surface area contributed by atoms with Crippen molar-refractivity contribution >= 4 is 23.2 Å². The first kappa shape index (κ1) is 20.5. The highest BCUT2D eigenvalue weighted by Gasteiger charge is 2.08. The fraction of sp³-hybridized carbons (Fsp3) is 0.333. The van der Waals surface area contributed by atoms with Gasteiger partial charge >= 0.3 is 0 Å². The number of anilines is 2. The van der Waals surface area contributed by atoms with Crippen LogP contribution < -0.4 is 15.4 Å². The van der Waals surface area contributed by atoms with E-state index in [1.54, 1.807) is 48.5 Å². The van der Waals surface area contributed by atoms with Crippen LogP contribution in [0.1, 0.15) is 37.0 Å². The molecule has 0 aliphatic carbocycles. The Morgan fingerprint density at radius 3 is 2.30 bits per heavy atom. The molecule has 0 saturated heterocycles. The Bertz CT molecular complexity index is 744. The molecule has 2 rings (SSSR count). The molecule has 2 amide bonds. The van der Waals surface area contributed by atoms with E-state index in [4.69, 9.17) is 9.47 Å². The zero-order valence-electron chi connectivity index (χ0n) is 15.8. The summed E-state index contributed by atoms with van der Waals surface area (Å²) in [5.74, 6) is 0.375. The molecule has 27 heavy (non-hydrogen) atoms. The fourth-order valence-corrected chi connectivity index (χ4v) is 2.38. The molecule has 0 unspecified atom stereocenters. The zero-order chi connectivity index (χ0) is 19.5. The average Bonchev–Trinajstić information content (AvgIpc) is 2.67. The molecule has 0 aliphatic rings. The molecule has 144 valence electrons. The van der Waals surface area contributed by atoms with Crippen molar-refractivity contribution in [2.45, 2.75) is 26.7 Å². The zero-order valence-corrected chi connectivity index (χ0v) is 15.8. The van der Waals surface area contributed by atoms with E-state index in [9.17, 15) is 9.59 Å². The van der Waals surface area contributed by atoms with E-state index < -0.39 is 0 Å². The summed E-state index contributed by atoms with van der Waals surface area (Å²) in [6.07, 6.45) is 1.29. The molecule has 0 saturated carbocycles. The molecule has 0 fully saturated rings. The SMILES string of the molecule is CCCC(=O)Nc1ccc(NC(=O)c2cccc(OCCOCC)c2)cc1. The molecule has 0 bridgehead atoms. The van der Waals surface area contributed by atoms with Crippen molar-refractivity contribution in [1.82, 2.24) is 0 Å². The Morgan fingerprint density at radius 1 is 0.926 bits per heavy atom. The third-order valence-electron chi connectivity index (χ3n) is 3.70. The fourth-order valence-electron chi connectivity index (χ4n) is 2.38. The van der Waals surface area contributed by atoms with Gasteiger partial charge in [0.2, 0.25) is 5.91 Å². The number of carbonyl (C=O) groups excluding carboxylic acids is 2. The van der Waals surface area contributed by atoms with Crippen molar-refractivity contribution in [2.24, 2.45) is 0 Å². The number of rotatable bonds is 10. The van der Waals surface area contributed by atoms with Crippen LogP contribution in [0.4, 0.5) is 11.4 Å².